The highest BCUT2D eigenvalue weighted by Gasteiger charge is 2.25. The van der Waals surface area contributed by atoms with Gasteiger partial charge >= 0.3 is 17.9 Å². The van der Waals surface area contributed by atoms with Crippen molar-refractivity contribution >= 4 is 17.9 Å². The van der Waals surface area contributed by atoms with Crippen LogP contribution in [0.2, 0.25) is 0 Å². The van der Waals surface area contributed by atoms with Crippen molar-refractivity contribution in [2.45, 2.75) is 13.3 Å². The van der Waals surface area contributed by atoms with Gasteiger partial charge in [-0.15, -0.1) is 0 Å². The largest absolute Gasteiger partial charge is 0.460 e. The first-order valence-electron chi connectivity index (χ1n) is 9.47. The maximum Gasteiger partial charge on any atom is 0.330 e. The molecule has 0 radical (unpaired) electrons. The first-order chi connectivity index (χ1) is 14.4. The summed E-state index contributed by atoms with van der Waals surface area (Å²) in [5.74, 6) is -1.52. The monoisotopic (exact) mass is 428 g/mol. The number of esters is 3. The van der Waals surface area contributed by atoms with Gasteiger partial charge in [0.25, 0.3) is 0 Å². The number of carbonyl (C=O) groups excluding carboxylic acids is 3. The van der Waals surface area contributed by atoms with Crippen LogP contribution < -0.4 is 0 Å². The first kappa shape index (κ1) is 27.5. The molecule has 0 spiro atoms. The highest BCUT2D eigenvalue weighted by atomic mass is 16.6. The molecule has 0 aliphatic rings. The normalized spacial score (nSPS) is 10.7. The fourth-order valence-electron chi connectivity index (χ4n) is 2.02. The Morgan fingerprint density at radius 1 is 0.633 bits per heavy atom. The van der Waals surface area contributed by atoms with Crippen LogP contribution in [0.25, 0.3) is 0 Å². The van der Waals surface area contributed by atoms with Crippen molar-refractivity contribution in [1.29, 1.82) is 0 Å². The summed E-state index contributed by atoms with van der Waals surface area (Å²) in [6, 6.07) is 0. The summed E-state index contributed by atoms with van der Waals surface area (Å²) in [4.78, 5) is 33.0. The van der Waals surface area contributed by atoms with Gasteiger partial charge in [0.1, 0.15) is 19.8 Å². The molecule has 0 bridgehead atoms. The summed E-state index contributed by atoms with van der Waals surface area (Å²) < 4.78 is 31.3. The molecule has 0 unspecified atom stereocenters. The average Bonchev–Trinajstić information content (AvgIpc) is 2.74. The summed E-state index contributed by atoms with van der Waals surface area (Å²) >= 11 is 0. The maximum atomic E-state index is 11.0. The standard InChI is InChI=1S/C21H32O9/c1-5-18(22)28-13-10-25-9-8-21(4,16-26-11-14-29-19(23)6-2)17-27-12-15-30-20(24)7-3/h5-7H,1-3,8-17H2,4H3. The van der Waals surface area contributed by atoms with Crippen molar-refractivity contribution in [3.8, 4) is 0 Å². The molecule has 0 saturated heterocycles. The Bertz CT molecular complexity index is 527. The average molecular weight is 428 g/mol. The van der Waals surface area contributed by atoms with Crippen LogP contribution in [0.3, 0.4) is 0 Å². The minimum absolute atomic E-state index is 0.116. The molecule has 0 heterocycles. The molecule has 0 rings (SSSR count). The van der Waals surface area contributed by atoms with Crippen LogP contribution in [-0.2, 0) is 42.8 Å². The van der Waals surface area contributed by atoms with Crippen molar-refractivity contribution < 1.29 is 42.8 Å². The summed E-state index contributed by atoms with van der Waals surface area (Å²) in [7, 11) is 0. The van der Waals surface area contributed by atoms with Gasteiger partial charge in [0, 0.05) is 30.2 Å². The van der Waals surface area contributed by atoms with Gasteiger partial charge < -0.3 is 28.4 Å². The van der Waals surface area contributed by atoms with Crippen molar-refractivity contribution in [3.63, 3.8) is 0 Å². The Morgan fingerprint density at radius 2 is 1.00 bits per heavy atom. The topological polar surface area (TPSA) is 107 Å². The van der Waals surface area contributed by atoms with E-state index in [0.717, 1.165) is 18.2 Å². The molecule has 9 nitrogen and oxygen atoms in total. The zero-order valence-corrected chi connectivity index (χ0v) is 17.6. The van der Waals surface area contributed by atoms with Crippen molar-refractivity contribution in [2.75, 3.05) is 59.5 Å². The number of carbonyl (C=O) groups is 3. The third-order valence-electron chi connectivity index (χ3n) is 3.67. The van der Waals surface area contributed by atoms with Gasteiger partial charge in [0.05, 0.1) is 33.0 Å². The lowest BCUT2D eigenvalue weighted by Crippen LogP contribution is -2.32. The summed E-state index contributed by atoms with van der Waals surface area (Å²) in [6.45, 7) is 14.0. The van der Waals surface area contributed by atoms with Crippen LogP contribution in [0.5, 0.6) is 0 Å². The second-order valence-electron chi connectivity index (χ2n) is 6.39. The fourth-order valence-corrected chi connectivity index (χ4v) is 2.02. The molecule has 170 valence electrons. The van der Waals surface area contributed by atoms with Gasteiger partial charge in [0.15, 0.2) is 0 Å². The molecule has 0 N–H and O–H groups in total. The van der Waals surface area contributed by atoms with E-state index in [9.17, 15) is 14.4 Å². The molecule has 0 aromatic rings. The van der Waals surface area contributed by atoms with E-state index in [4.69, 9.17) is 28.4 Å². The Balaban J connectivity index is 4.29. The van der Waals surface area contributed by atoms with Gasteiger partial charge in [-0.3, -0.25) is 0 Å². The minimum atomic E-state index is -0.510. The van der Waals surface area contributed by atoms with Crippen LogP contribution in [-0.4, -0.2) is 77.4 Å². The van der Waals surface area contributed by atoms with E-state index in [0.29, 0.717) is 26.2 Å². The third kappa shape index (κ3) is 15.4. The second-order valence-corrected chi connectivity index (χ2v) is 6.39. The second kappa shape index (κ2) is 17.4. The lowest BCUT2D eigenvalue weighted by atomic mass is 9.89. The quantitative estimate of drug-likeness (QED) is 0.131. The van der Waals surface area contributed by atoms with Crippen molar-refractivity contribution in [3.05, 3.63) is 38.0 Å². The third-order valence-corrected chi connectivity index (χ3v) is 3.67. The van der Waals surface area contributed by atoms with Crippen molar-refractivity contribution in [1.82, 2.24) is 0 Å². The zero-order chi connectivity index (χ0) is 22.7. The molecular formula is C21H32O9. The number of hydrogen-bond donors (Lipinski definition) is 0. The van der Waals surface area contributed by atoms with Crippen molar-refractivity contribution in [2.24, 2.45) is 5.41 Å². The van der Waals surface area contributed by atoms with E-state index >= 15 is 0 Å². The predicted molar refractivity (Wildman–Crippen MR) is 109 cm³/mol. The molecule has 0 aliphatic heterocycles. The van der Waals surface area contributed by atoms with Crippen LogP contribution >= 0.6 is 0 Å². The Morgan fingerprint density at radius 3 is 1.37 bits per heavy atom. The van der Waals surface area contributed by atoms with Gasteiger partial charge in [-0.25, -0.2) is 14.4 Å². The molecule has 0 aromatic heterocycles. The van der Waals surface area contributed by atoms with E-state index in [2.05, 4.69) is 19.7 Å². The highest BCUT2D eigenvalue weighted by molar-refractivity contribution is 5.81. The molecule has 0 amide bonds. The van der Waals surface area contributed by atoms with Crippen LogP contribution in [0.15, 0.2) is 38.0 Å². The van der Waals surface area contributed by atoms with E-state index in [1.54, 1.807) is 0 Å². The smallest absolute Gasteiger partial charge is 0.330 e. The summed E-state index contributed by atoms with van der Waals surface area (Å²) in [6.07, 6.45) is 3.85. The van der Waals surface area contributed by atoms with E-state index in [1.807, 2.05) is 6.92 Å². The molecule has 0 aliphatic carbocycles. The van der Waals surface area contributed by atoms with Crippen LogP contribution in [0.4, 0.5) is 0 Å². The molecule has 0 fully saturated rings. The van der Waals surface area contributed by atoms with E-state index in [1.165, 1.54) is 0 Å². The molecule has 0 aromatic carbocycles. The maximum absolute atomic E-state index is 11.0. The number of hydrogen-bond acceptors (Lipinski definition) is 9. The molecule has 0 atom stereocenters. The lowest BCUT2D eigenvalue weighted by Gasteiger charge is -2.29. The number of ether oxygens (including phenoxy) is 6. The molecule has 9 heteroatoms. The first-order valence-corrected chi connectivity index (χ1v) is 9.47. The van der Waals surface area contributed by atoms with Crippen LogP contribution in [0.1, 0.15) is 13.3 Å². The minimum Gasteiger partial charge on any atom is -0.460 e. The Labute approximate surface area is 177 Å². The lowest BCUT2D eigenvalue weighted by molar-refractivity contribution is -0.141. The number of rotatable bonds is 19. The molecule has 30 heavy (non-hydrogen) atoms. The Kier molecular flexibility index (Phi) is 15.9. The SMILES string of the molecule is C=CC(=O)OCCOCCC(C)(COCCOC(=O)C=C)COCCOC(=O)C=C. The fraction of sp³-hybridized carbons (Fsp3) is 0.571. The summed E-state index contributed by atoms with van der Waals surface area (Å²) in [5.41, 5.74) is -0.400. The molecular weight excluding hydrogens is 396 g/mol. The van der Waals surface area contributed by atoms with Gasteiger partial charge in [0.2, 0.25) is 0 Å². The van der Waals surface area contributed by atoms with Gasteiger partial charge in [-0.1, -0.05) is 26.7 Å². The highest BCUT2D eigenvalue weighted by Crippen LogP contribution is 2.22. The van der Waals surface area contributed by atoms with Gasteiger partial charge in [-0.05, 0) is 6.42 Å². The zero-order valence-electron chi connectivity index (χ0n) is 17.6. The Hall–Kier alpha value is -2.49. The molecule has 0 saturated carbocycles. The van der Waals surface area contributed by atoms with E-state index in [-0.39, 0.29) is 39.6 Å². The van der Waals surface area contributed by atoms with Crippen LogP contribution in [0, 0.1) is 5.41 Å². The predicted octanol–water partition coefficient (Wildman–Crippen LogP) is 1.62. The van der Waals surface area contributed by atoms with Gasteiger partial charge in [-0.2, -0.15) is 0 Å². The van der Waals surface area contributed by atoms with E-state index < -0.39 is 23.3 Å². The summed E-state index contributed by atoms with van der Waals surface area (Å²) in [5, 5.41) is 0.